The van der Waals surface area contributed by atoms with Gasteiger partial charge in [-0.1, -0.05) is 149 Å². The number of hydrogen-bond acceptors (Lipinski definition) is 3. The summed E-state index contributed by atoms with van der Waals surface area (Å²) in [7, 11) is -1.80. The van der Waals surface area contributed by atoms with Crippen LogP contribution in [0, 0.1) is 0 Å². The molecule has 1 aliphatic heterocycles. The molecule has 1 heterocycles. The van der Waals surface area contributed by atoms with Crippen LogP contribution in [-0.4, -0.2) is 25.2 Å². The molecule has 7 heteroatoms. The lowest BCUT2D eigenvalue weighted by molar-refractivity contribution is 0.550. The first kappa shape index (κ1) is 40.0. The Hall–Kier alpha value is -1.46. The molecule has 0 saturated heterocycles. The van der Waals surface area contributed by atoms with Crippen LogP contribution in [0.4, 0.5) is 11.4 Å². The van der Waals surface area contributed by atoms with Gasteiger partial charge in [-0.2, -0.15) is 9.53 Å². The minimum absolute atomic E-state index is 0.0183. The fourth-order valence-corrected chi connectivity index (χ4v) is 10.5. The molecule has 0 unspecified atom stereocenters. The summed E-state index contributed by atoms with van der Waals surface area (Å²) in [5.41, 5.74) is 10.0. The lowest BCUT2D eigenvalue weighted by atomic mass is 9.74. The quantitative estimate of drug-likeness (QED) is 0.294. The third-order valence-electron chi connectivity index (χ3n) is 8.69. The average Bonchev–Trinajstić information content (AvgIpc) is 2.85. The molecule has 0 aromatic heterocycles. The minimum Gasteiger partial charge on any atom is -0.248 e. The van der Waals surface area contributed by atoms with Gasteiger partial charge in [0.1, 0.15) is 8.52 Å². The monoisotopic (exact) mass is 695 g/mol. The number of nitrogens with zero attached hydrogens (tertiary/aromatic N) is 4. The maximum absolute atomic E-state index is 5.64. The molecule has 1 aliphatic rings. The highest BCUT2D eigenvalue weighted by Gasteiger charge is 2.37. The molecule has 0 saturated carbocycles. The topological polar surface area (TPSA) is 40.3 Å². The molecule has 2 aromatic carbocycles. The van der Waals surface area contributed by atoms with Gasteiger partial charge in [-0.3, -0.25) is 0 Å². The fourth-order valence-electron chi connectivity index (χ4n) is 5.52. The van der Waals surface area contributed by atoms with Crippen LogP contribution in [0.25, 0.3) is 0 Å². The zero-order valence-corrected chi connectivity index (χ0v) is 36.3. The van der Waals surface area contributed by atoms with Crippen molar-refractivity contribution < 1.29 is 0 Å². The summed E-state index contributed by atoms with van der Waals surface area (Å²) in [6.45, 7) is 46.4. The Morgan fingerprint density at radius 2 is 0.851 bits per heavy atom. The molecular formula is C40H66N4P3+. The van der Waals surface area contributed by atoms with Crippen molar-refractivity contribution in [3.63, 3.8) is 0 Å². The highest BCUT2D eigenvalue weighted by atomic mass is 31.2. The van der Waals surface area contributed by atoms with E-state index in [9.17, 15) is 0 Å². The lowest BCUT2D eigenvalue weighted by Crippen LogP contribution is -2.25. The van der Waals surface area contributed by atoms with E-state index in [1.54, 1.807) is 0 Å². The van der Waals surface area contributed by atoms with Crippen molar-refractivity contribution in [3.05, 3.63) is 57.6 Å². The van der Waals surface area contributed by atoms with Crippen molar-refractivity contribution in [2.45, 2.75) is 157 Å². The zero-order valence-electron chi connectivity index (χ0n) is 33.6. The third-order valence-corrected chi connectivity index (χ3v) is 13.0. The Balaban J connectivity index is 2.54. The zero-order chi connectivity index (χ0) is 36.3. The van der Waals surface area contributed by atoms with Gasteiger partial charge >= 0.3 is 0 Å². The molecule has 0 N–H and O–H groups in total. The predicted molar refractivity (Wildman–Crippen MR) is 219 cm³/mol. The maximum atomic E-state index is 5.64. The van der Waals surface area contributed by atoms with E-state index < -0.39 is 15.6 Å². The summed E-state index contributed by atoms with van der Waals surface area (Å²) >= 11 is 0. The number of anilines is 1. The summed E-state index contributed by atoms with van der Waals surface area (Å²) in [4.78, 5) is 0. The second kappa shape index (κ2) is 13.0. The van der Waals surface area contributed by atoms with Gasteiger partial charge < -0.3 is 0 Å². The van der Waals surface area contributed by atoms with Gasteiger partial charge in [0, 0.05) is 0 Å². The molecule has 0 spiro atoms. The van der Waals surface area contributed by atoms with E-state index >= 15 is 0 Å². The molecule has 2 aromatic rings. The molecule has 0 radical (unpaired) electrons. The predicted octanol–water partition coefficient (Wildman–Crippen LogP) is 14.2. The molecule has 4 nitrogen and oxygen atoms in total. The molecule has 0 bridgehead atoms. The van der Waals surface area contributed by atoms with Crippen LogP contribution in [0.3, 0.4) is 0 Å². The van der Waals surface area contributed by atoms with Gasteiger partial charge in [-0.15, -0.1) is 0 Å². The summed E-state index contributed by atoms with van der Waals surface area (Å²) in [5.74, 6) is 4.40. The van der Waals surface area contributed by atoms with Gasteiger partial charge in [-0.25, -0.2) is 9.19 Å². The summed E-state index contributed by atoms with van der Waals surface area (Å²) in [6.07, 6.45) is 0. The second-order valence-electron chi connectivity index (χ2n) is 20.2. The standard InChI is InChI=1S/C40H66N4P3/c1-35(2,3)27-21-29(37(7,8)9)33(30(22-27)38(10,11)12)43-45-44(46-41-25-47(19,20)26-42-46)34-31(39(13,14)15)23-28(36(4,5)6)24-32(34)40(16,17)18/h21-26H,1-20H3/q+1. The molecule has 47 heavy (non-hydrogen) atoms. The van der Waals surface area contributed by atoms with Gasteiger partial charge in [0.15, 0.2) is 11.9 Å². The summed E-state index contributed by atoms with van der Waals surface area (Å²) in [6, 6.07) is 9.75. The van der Waals surface area contributed by atoms with E-state index in [0.29, 0.717) is 0 Å². The molecule has 260 valence electrons. The molecular weight excluding hydrogens is 629 g/mol. The van der Waals surface area contributed by atoms with E-state index in [2.05, 4.69) is 179 Å². The molecule has 0 aliphatic carbocycles. The number of benzene rings is 2. The molecule has 3 rings (SSSR count). The van der Waals surface area contributed by atoms with Crippen LogP contribution in [-0.2, 0) is 32.5 Å². The van der Waals surface area contributed by atoms with E-state index in [0.717, 1.165) is 14.2 Å². The molecule has 0 atom stereocenters. The Kier molecular flexibility index (Phi) is 11.1. The first-order valence-electron chi connectivity index (χ1n) is 17.2. The Labute approximate surface area is 293 Å². The second-order valence-corrected chi connectivity index (χ2v) is 26.4. The Morgan fingerprint density at radius 1 is 0.532 bits per heavy atom. The van der Waals surface area contributed by atoms with Gasteiger partial charge in [0.25, 0.3) is 8.37 Å². The minimum atomic E-state index is -1.41. The van der Waals surface area contributed by atoms with Crippen molar-refractivity contribution in [2.75, 3.05) is 17.8 Å². The van der Waals surface area contributed by atoms with Crippen LogP contribution in [0.2, 0.25) is 0 Å². The van der Waals surface area contributed by atoms with Crippen molar-refractivity contribution in [3.8, 4) is 0 Å². The molecule has 0 fully saturated rings. The van der Waals surface area contributed by atoms with E-state index in [1.807, 2.05) is 0 Å². The van der Waals surface area contributed by atoms with Crippen LogP contribution in [0.1, 0.15) is 158 Å². The lowest BCUT2D eigenvalue weighted by Gasteiger charge is -2.37. The van der Waals surface area contributed by atoms with Crippen molar-refractivity contribution in [2.24, 2.45) is 14.3 Å². The first-order chi connectivity index (χ1) is 20.8. The van der Waals surface area contributed by atoms with Crippen LogP contribution in [0.5, 0.6) is 0 Å². The van der Waals surface area contributed by atoms with Gasteiger partial charge in [0.05, 0.1) is 32.0 Å². The molecule has 0 amide bonds. The SMILES string of the molecule is CC(C)(C)c1cc(C(C)(C)C)c(N=PN(c2c(C(C)(C)C)cc(C(C)(C)C)cc2C(C)(C)C)P2N=C[P+](C)(C)C=N2)c(C(C)(C)C)c1. The Bertz CT molecular complexity index is 1470. The van der Waals surface area contributed by atoms with E-state index in [4.69, 9.17) is 14.3 Å². The third kappa shape index (κ3) is 9.62. The maximum Gasteiger partial charge on any atom is 0.263 e. The Morgan fingerprint density at radius 3 is 1.15 bits per heavy atom. The normalized spacial score (nSPS) is 16.8. The number of rotatable bonds is 4. The van der Waals surface area contributed by atoms with E-state index in [1.165, 1.54) is 39.1 Å². The average molecular weight is 696 g/mol. The van der Waals surface area contributed by atoms with Crippen LogP contribution in [0.15, 0.2) is 38.5 Å². The summed E-state index contributed by atoms with van der Waals surface area (Å²) < 4.78 is 18.5. The van der Waals surface area contributed by atoms with Crippen molar-refractivity contribution in [1.29, 1.82) is 0 Å². The van der Waals surface area contributed by atoms with E-state index in [-0.39, 0.29) is 32.5 Å². The number of hydrogen-bond donors (Lipinski definition) is 0. The van der Waals surface area contributed by atoms with Crippen LogP contribution >= 0.6 is 24.2 Å². The highest BCUT2D eigenvalue weighted by molar-refractivity contribution is 8.01. The van der Waals surface area contributed by atoms with Crippen molar-refractivity contribution >= 4 is 47.4 Å². The van der Waals surface area contributed by atoms with Crippen molar-refractivity contribution in [1.82, 2.24) is 0 Å². The van der Waals surface area contributed by atoms with Crippen LogP contribution < -0.4 is 4.44 Å². The smallest absolute Gasteiger partial charge is 0.248 e. The van der Waals surface area contributed by atoms with Gasteiger partial charge in [0.2, 0.25) is 0 Å². The first-order valence-corrected chi connectivity index (χ1v) is 22.0. The summed E-state index contributed by atoms with van der Waals surface area (Å²) in [5, 5.41) is 0. The van der Waals surface area contributed by atoms with Gasteiger partial charge in [-0.05, 0) is 65.9 Å². The fraction of sp³-hybridized carbons (Fsp3) is 0.650. The highest BCUT2D eigenvalue weighted by Crippen LogP contribution is 2.62. The largest absolute Gasteiger partial charge is 0.263 e.